The van der Waals surface area contributed by atoms with Crippen molar-refractivity contribution in [1.29, 1.82) is 0 Å². The number of alkyl halides is 3. The Balaban J connectivity index is 1.67. The van der Waals surface area contributed by atoms with E-state index in [1.807, 2.05) is 0 Å². The van der Waals surface area contributed by atoms with E-state index < -0.39 is 42.8 Å². The first-order valence-corrected chi connectivity index (χ1v) is 9.86. The Morgan fingerprint density at radius 2 is 2.03 bits per heavy atom. The van der Waals surface area contributed by atoms with Gasteiger partial charge in [0.15, 0.2) is 5.65 Å². The van der Waals surface area contributed by atoms with Crippen LogP contribution in [0.5, 0.6) is 11.6 Å². The van der Waals surface area contributed by atoms with Crippen LogP contribution in [0.4, 0.5) is 23.5 Å². The number of pyridine rings is 2. The minimum Gasteiger partial charge on any atom is -0.480 e. The zero-order chi connectivity index (χ0) is 27.8. The van der Waals surface area contributed by atoms with E-state index in [1.165, 1.54) is 23.7 Å². The van der Waals surface area contributed by atoms with Gasteiger partial charge in [0, 0.05) is 23.5 Å². The number of rotatable bonds is 6. The smallest absolute Gasteiger partial charge is 0.480 e. The third-order valence-electron chi connectivity index (χ3n) is 4.89. The topological polar surface area (TPSA) is 117 Å². The minimum absolute atomic E-state index is 0.0349. The molecular weight excluding hydrogens is 472 g/mol. The number of benzene rings is 1. The van der Waals surface area contributed by atoms with Gasteiger partial charge in [0.1, 0.15) is 17.1 Å². The van der Waals surface area contributed by atoms with Crippen molar-refractivity contribution in [2.24, 2.45) is 0 Å². The normalized spacial score (nSPS) is 14.0. The van der Waals surface area contributed by atoms with Gasteiger partial charge < -0.3 is 20.5 Å². The van der Waals surface area contributed by atoms with E-state index in [9.17, 15) is 22.4 Å². The number of halogens is 4. The molecule has 3 N–H and O–H groups in total. The van der Waals surface area contributed by atoms with Crippen LogP contribution in [-0.4, -0.2) is 38.9 Å². The molecule has 3 heterocycles. The third kappa shape index (κ3) is 5.23. The number of nitrogens with one attached hydrogen (secondary N) is 1. The van der Waals surface area contributed by atoms with Gasteiger partial charge in [0.2, 0.25) is 11.8 Å². The highest BCUT2D eigenvalue weighted by Crippen LogP contribution is 2.29. The average Bonchev–Trinajstić information content (AvgIpc) is 3.17. The molecule has 0 saturated heterocycles. The molecule has 0 aliphatic heterocycles. The van der Waals surface area contributed by atoms with E-state index in [1.54, 1.807) is 18.3 Å². The van der Waals surface area contributed by atoms with Crippen LogP contribution in [0.2, 0.25) is 0 Å². The predicted octanol–water partition coefficient (Wildman–Crippen LogP) is 3.91. The van der Waals surface area contributed by atoms with E-state index >= 15 is 0 Å². The number of fused-ring (bicyclic) bond motifs is 1. The van der Waals surface area contributed by atoms with E-state index in [0.29, 0.717) is 16.8 Å². The zero-order valence-corrected chi connectivity index (χ0v) is 17.8. The maximum absolute atomic E-state index is 14.4. The van der Waals surface area contributed by atoms with Crippen LogP contribution < -0.4 is 20.5 Å². The number of carbonyl (C=O) groups excluding carboxylic acids is 1. The molecule has 0 bridgehead atoms. The fourth-order valence-electron chi connectivity index (χ4n) is 3.34. The van der Waals surface area contributed by atoms with E-state index in [2.05, 4.69) is 25.1 Å². The summed E-state index contributed by atoms with van der Waals surface area (Å²) in [4.78, 5) is 21.2. The number of hydrogen-bond donors (Lipinski definition) is 2. The minimum atomic E-state index is -5.00. The zero-order valence-electron chi connectivity index (χ0n) is 20.8. The Morgan fingerprint density at radius 1 is 1.23 bits per heavy atom. The summed E-state index contributed by atoms with van der Waals surface area (Å²) in [6.45, 7) is 1.32. The maximum atomic E-state index is 14.4. The van der Waals surface area contributed by atoms with Gasteiger partial charge in [-0.3, -0.25) is 4.79 Å². The number of ether oxygens (including phenoxy) is 2. The molecule has 35 heavy (non-hydrogen) atoms. The Kier molecular flexibility index (Phi) is 5.19. The van der Waals surface area contributed by atoms with Gasteiger partial charge in [-0.1, -0.05) is 0 Å². The summed E-state index contributed by atoms with van der Waals surface area (Å²) in [5.74, 6) is -3.03. The molecule has 1 amide bonds. The molecule has 3 aromatic heterocycles. The van der Waals surface area contributed by atoms with Crippen LogP contribution in [-0.2, 0) is 0 Å². The van der Waals surface area contributed by atoms with Crippen molar-refractivity contribution in [3.05, 3.63) is 65.7 Å². The van der Waals surface area contributed by atoms with Crippen molar-refractivity contribution in [3.63, 3.8) is 0 Å². The highest BCUT2D eigenvalue weighted by Gasteiger charge is 2.31. The molecule has 182 valence electrons. The van der Waals surface area contributed by atoms with Crippen LogP contribution in [0.3, 0.4) is 0 Å². The summed E-state index contributed by atoms with van der Waals surface area (Å²) < 4.78 is 84.4. The Labute approximate surface area is 199 Å². The number of nitrogens with two attached hydrogens (primary N) is 1. The number of aromatic nitrogens is 4. The summed E-state index contributed by atoms with van der Waals surface area (Å²) >= 11 is 0. The first-order valence-electron chi connectivity index (χ1n) is 11.4. The largest absolute Gasteiger partial charge is 0.573 e. The van der Waals surface area contributed by atoms with Crippen molar-refractivity contribution in [3.8, 4) is 22.8 Å². The van der Waals surface area contributed by atoms with Crippen LogP contribution in [0.15, 0.2) is 48.8 Å². The number of hydrogen-bond acceptors (Lipinski definition) is 7. The quantitative estimate of drug-likeness (QED) is 0.391. The molecule has 0 fully saturated rings. The van der Waals surface area contributed by atoms with Gasteiger partial charge in [-0.2, -0.15) is 4.98 Å². The van der Waals surface area contributed by atoms with Crippen molar-refractivity contribution in [2.75, 3.05) is 12.8 Å². The Morgan fingerprint density at radius 3 is 2.77 bits per heavy atom. The number of nitrogens with zero attached hydrogens (tertiary/aromatic N) is 4. The third-order valence-corrected chi connectivity index (χ3v) is 4.89. The summed E-state index contributed by atoms with van der Waals surface area (Å²) in [5, 5.41) is 6.38. The molecule has 0 spiro atoms. The lowest BCUT2D eigenvalue weighted by molar-refractivity contribution is -0.274. The van der Waals surface area contributed by atoms with Gasteiger partial charge >= 0.3 is 6.36 Å². The number of methoxy groups -OCH3 is 1. The van der Waals surface area contributed by atoms with E-state index in [0.717, 1.165) is 18.2 Å². The summed E-state index contributed by atoms with van der Waals surface area (Å²) in [7, 11) is -2.96. The monoisotopic (exact) mass is 493 g/mol. The molecule has 1 aromatic carbocycles. The highest BCUT2D eigenvalue weighted by atomic mass is 19.4. The molecule has 1 atom stereocenters. The number of carbonyl (C=O) groups is 1. The number of anilines is 1. The van der Waals surface area contributed by atoms with Crippen LogP contribution in [0.25, 0.3) is 16.8 Å². The van der Waals surface area contributed by atoms with Crippen molar-refractivity contribution >= 4 is 17.5 Å². The first-order chi connectivity index (χ1) is 17.7. The molecular formula is C22H18F4N6O3. The highest BCUT2D eigenvalue weighted by molar-refractivity contribution is 5.97. The average molecular weight is 493 g/mol. The van der Waals surface area contributed by atoms with Crippen molar-refractivity contribution in [1.82, 2.24) is 24.9 Å². The van der Waals surface area contributed by atoms with Gasteiger partial charge in [-0.15, -0.1) is 18.3 Å². The summed E-state index contributed by atoms with van der Waals surface area (Å²) in [5.41, 5.74) is 6.23. The van der Waals surface area contributed by atoms with Crippen LogP contribution in [0, 0.1) is 5.82 Å². The lowest BCUT2D eigenvalue weighted by atomic mass is 10.0. The predicted molar refractivity (Wildman–Crippen MR) is 116 cm³/mol. The molecule has 0 aliphatic carbocycles. The molecule has 4 aromatic rings. The molecule has 13 heteroatoms. The van der Waals surface area contributed by atoms with Gasteiger partial charge in [0.05, 0.1) is 17.2 Å². The molecule has 0 saturated carbocycles. The van der Waals surface area contributed by atoms with Gasteiger partial charge in [0.25, 0.3) is 5.91 Å². The number of nitrogen functional groups attached to an aromatic ring is 1. The lowest BCUT2D eigenvalue weighted by Crippen LogP contribution is -2.28. The van der Waals surface area contributed by atoms with E-state index in [4.69, 9.17) is 14.6 Å². The van der Waals surface area contributed by atoms with Crippen molar-refractivity contribution in [2.45, 2.75) is 19.3 Å². The van der Waals surface area contributed by atoms with Crippen LogP contribution in [0.1, 0.15) is 33.0 Å². The van der Waals surface area contributed by atoms with Crippen LogP contribution >= 0.6 is 0 Å². The molecule has 0 aliphatic rings. The van der Waals surface area contributed by atoms with E-state index in [-0.39, 0.29) is 17.1 Å². The molecule has 4 rings (SSSR count). The summed E-state index contributed by atoms with van der Waals surface area (Å²) in [6.07, 6.45) is -2.18. The van der Waals surface area contributed by atoms with Gasteiger partial charge in [-0.05, 0) is 48.9 Å². The molecule has 0 unspecified atom stereocenters. The number of amides is 1. The van der Waals surface area contributed by atoms with Gasteiger partial charge in [-0.25, -0.2) is 13.9 Å². The first kappa shape index (κ1) is 20.0. The fraction of sp³-hybridized carbons (Fsp3) is 0.182. The maximum Gasteiger partial charge on any atom is 0.573 e. The second kappa shape index (κ2) is 9.08. The lowest BCUT2D eigenvalue weighted by Gasteiger charge is -2.18. The second-order valence-corrected chi connectivity index (χ2v) is 7.29. The fourth-order valence-corrected chi connectivity index (χ4v) is 3.34. The Bertz CT molecular complexity index is 1510. The summed E-state index contributed by atoms with van der Waals surface area (Å²) in [6, 6.07) is 5.68. The second-order valence-electron chi connectivity index (χ2n) is 7.29. The SMILES string of the molecule is [2H]C([2H])([2H])Oc1ncc(-c2ccn3nc(N)nc3c2)cc1C(=O)N[C@H](C)c1cc(OC(F)(F)F)ccc1F. The molecule has 0 radical (unpaired) electrons. The Hall–Kier alpha value is -4.42. The molecule has 9 nitrogen and oxygen atoms in total. The van der Waals surface area contributed by atoms with Crippen molar-refractivity contribution < 1.29 is 35.9 Å². The standard InChI is InChI=1S/C22H18F4N6O3/c1-11(15-9-14(3-4-17(15)23)35-22(24,25)26)29-19(33)16-7-13(10-28-20(16)34-2)12-5-6-32-18(8-12)30-21(27)31-32/h3-11H,1-2H3,(H2,27,31)(H,29,33)/t11-/m1/s1/i2D3.